The van der Waals surface area contributed by atoms with Crippen LogP contribution in [0.4, 0.5) is 0 Å². The normalized spacial score (nSPS) is 9.90. The molecule has 102 valence electrons. The van der Waals surface area contributed by atoms with Crippen molar-refractivity contribution in [1.82, 2.24) is 4.98 Å². The Hall–Kier alpha value is -2.74. The lowest BCUT2D eigenvalue weighted by Crippen LogP contribution is -2.12. The van der Waals surface area contributed by atoms with Gasteiger partial charge in [-0.3, -0.25) is 4.79 Å². The topological polar surface area (TPSA) is 75.1 Å². The first kappa shape index (κ1) is 13.7. The summed E-state index contributed by atoms with van der Waals surface area (Å²) < 4.78 is 10.5. The van der Waals surface area contributed by atoms with Crippen LogP contribution in [0, 0.1) is 18.3 Å². The van der Waals surface area contributed by atoms with Gasteiger partial charge in [0.15, 0.2) is 0 Å². The summed E-state index contributed by atoms with van der Waals surface area (Å²) in [5, 5.41) is 9.18. The predicted molar refractivity (Wildman–Crippen MR) is 75.1 cm³/mol. The smallest absolute Gasteiger partial charge is 0.266 e. The van der Waals surface area contributed by atoms with Crippen LogP contribution in [-0.4, -0.2) is 19.2 Å². The second-order valence-electron chi connectivity index (χ2n) is 4.25. The molecule has 0 aliphatic carbocycles. The van der Waals surface area contributed by atoms with E-state index >= 15 is 0 Å². The Kier molecular flexibility index (Phi) is 3.76. The predicted octanol–water partition coefficient (Wildman–Crippen LogP) is 2.24. The van der Waals surface area contributed by atoms with Gasteiger partial charge in [0, 0.05) is 22.9 Å². The Labute approximate surface area is 116 Å². The van der Waals surface area contributed by atoms with Crippen LogP contribution in [0.1, 0.15) is 11.3 Å². The molecule has 0 amide bonds. The Balaban J connectivity index is 2.75. The highest BCUT2D eigenvalue weighted by Crippen LogP contribution is 2.34. The standard InChI is InChI=1S/C15H14N2O3/c1-9-6-12(13(8-16)15(18)17-9)11-5-4-10(19-2)7-14(11)20-3/h4-7H,1-3H3,(H,17,18). The molecular weight excluding hydrogens is 256 g/mol. The second-order valence-corrected chi connectivity index (χ2v) is 4.25. The molecule has 0 saturated heterocycles. The Bertz CT molecular complexity index is 742. The first-order chi connectivity index (χ1) is 9.60. The minimum atomic E-state index is -0.402. The Morgan fingerprint density at radius 2 is 1.90 bits per heavy atom. The van der Waals surface area contributed by atoms with Crippen LogP contribution in [0.3, 0.4) is 0 Å². The monoisotopic (exact) mass is 270 g/mol. The second kappa shape index (κ2) is 5.49. The number of benzene rings is 1. The average Bonchev–Trinajstić information content (AvgIpc) is 2.45. The minimum Gasteiger partial charge on any atom is -0.497 e. The molecule has 0 fully saturated rings. The third-order valence-corrected chi connectivity index (χ3v) is 2.98. The van der Waals surface area contributed by atoms with E-state index in [9.17, 15) is 10.1 Å². The highest BCUT2D eigenvalue weighted by molar-refractivity contribution is 5.76. The van der Waals surface area contributed by atoms with Crippen molar-refractivity contribution in [2.75, 3.05) is 14.2 Å². The first-order valence-corrected chi connectivity index (χ1v) is 5.97. The lowest BCUT2D eigenvalue weighted by atomic mass is 10.00. The molecule has 0 spiro atoms. The van der Waals surface area contributed by atoms with Crippen LogP contribution in [0.5, 0.6) is 11.5 Å². The summed E-state index contributed by atoms with van der Waals surface area (Å²) in [7, 11) is 3.09. The van der Waals surface area contributed by atoms with Gasteiger partial charge in [0.05, 0.1) is 14.2 Å². The molecule has 5 heteroatoms. The van der Waals surface area contributed by atoms with Crippen molar-refractivity contribution in [2.24, 2.45) is 0 Å². The first-order valence-electron chi connectivity index (χ1n) is 5.97. The molecule has 2 rings (SSSR count). The van der Waals surface area contributed by atoms with Crippen LogP contribution < -0.4 is 15.0 Å². The SMILES string of the molecule is COc1ccc(-c2cc(C)[nH]c(=O)c2C#N)c(OC)c1. The molecule has 0 aliphatic heterocycles. The number of ether oxygens (including phenoxy) is 2. The summed E-state index contributed by atoms with van der Waals surface area (Å²) in [6.07, 6.45) is 0. The number of pyridine rings is 1. The van der Waals surface area contributed by atoms with E-state index in [1.165, 1.54) is 7.11 Å². The van der Waals surface area contributed by atoms with Crippen molar-refractivity contribution in [3.63, 3.8) is 0 Å². The van der Waals surface area contributed by atoms with Crippen molar-refractivity contribution in [2.45, 2.75) is 6.92 Å². The van der Waals surface area contributed by atoms with Gasteiger partial charge >= 0.3 is 0 Å². The summed E-state index contributed by atoms with van der Waals surface area (Å²) in [6, 6.07) is 8.94. The van der Waals surface area contributed by atoms with E-state index in [-0.39, 0.29) is 5.56 Å². The number of aryl methyl sites for hydroxylation is 1. The number of H-pyrrole nitrogens is 1. The molecule has 1 heterocycles. The molecule has 1 aromatic carbocycles. The lowest BCUT2D eigenvalue weighted by molar-refractivity contribution is 0.395. The third kappa shape index (κ3) is 2.36. The Morgan fingerprint density at radius 3 is 2.50 bits per heavy atom. The highest BCUT2D eigenvalue weighted by Gasteiger charge is 2.14. The number of aromatic amines is 1. The van der Waals surface area contributed by atoms with E-state index < -0.39 is 5.56 Å². The molecule has 20 heavy (non-hydrogen) atoms. The zero-order chi connectivity index (χ0) is 14.7. The van der Waals surface area contributed by atoms with Crippen molar-refractivity contribution in [1.29, 1.82) is 5.26 Å². The summed E-state index contributed by atoms with van der Waals surface area (Å²) >= 11 is 0. The summed E-state index contributed by atoms with van der Waals surface area (Å²) in [5.41, 5.74) is 1.58. The van der Waals surface area contributed by atoms with Crippen molar-refractivity contribution in [3.8, 4) is 28.7 Å². The van der Waals surface area contributed by atoms with Crippen LogP contribution in [0.15, 0.2) is 29.1 Å². The molecule has 1 aromatic heterocycles. The van der Waals surface area contributed by atoms with Gasteiger partial charge in [-0.15, -0.1) is 0 Å². The van der Waals surface area contributed by atoms with Crippen molar-refractivity contribution >= 4 is 0 Å². The van der Waals surface area contributed by atoms with Gasteiger partial charge in [-0.1, -0.05) is 0 Å². The summed E-state index contributed by atoms with van der Waals surface area (Å²) in [6.45, 7) is 1.77. The van der Waals surface area contributed by atoms with E-state index in [0.717, 1.165) is 0 Å². The van der Waals surface area contributed by atoms with E-state index in [0.29, 0.717) is 28.3 Å². The molecule has 0 bridgehead atoms. The molecule has 2 aromatic rings. The molecule has 5 nitrogen and oxygen atoms in total. The molecular formula is C15H14N2O3. The summed E-state index contributed by atoms with van der Waals surface area (Å²) in [5.74, 6) is 1.19. The fourth-order valence-electron chi connectivity index (χ4n) is 2.03. The van der Waals surface area contributed by atoms with Gasteiger partial charge in [0.25, 0.3) is 5.56 Å². The fraction of sp³-hybridized carbons (Fsp3) is 0.200. The van der Waals surface area contributed by atoms with Crippen LogP contribution in [0.25, 0.3) is 11.1 Å². The molecule has 0 radical (unpaired) electrons. The third-order valence-electron chi connectivity index (χ3n) is 2.98. The van der Waals surface area contributed by atoms with Gasteiger partial charge in [0.2, 0.25) is 0 Å². The molecule has 0 aliphatic rings. The van der Waals surface area contributed by atoms with Crippen LogP contribution >= 0.6 is 0 Å². The van der Waals surface area contributed by atoms with Crippen molar-refractivity contribution < 1.29 is 9.47 Å². The Morgan fingerprint density at radius 1 is 1.15 bits per heavy atom. The number of methoxy groups -OCH3 is 2. The van der Waals surface area contributed by atoms with Crippen molar-refractivity contribution in [3.05, 3.63) is 45.9 Å². The largest absolute Gasteiger partial charge is 0.497 e. The number of aromatic nitrogens is 1. The zero-order valence-electron chi connectivity index (χ0n) is 11.5. The highest BCUT2D eigenvalue weighted by atomic mass is 16.5. The van der Waals surface area contributed by atoms with Crippen LogP contribution in [-0.2, 0) is 0 Å². The number of hydrogen-bond donors (Lipinski definition) is 1. The fourth-order valence-corrected chi connectivity index (χ4v) is 2.03. The lowest BCUT2D eigenvalue weighted by Gasteiger charge is -2.12. The molecule has 1 N–H and O–H groups in total. The number of rotatable bonds is 3. The number of nitrogens with one attached hydrogen (secondary N) is 1. The van der Waals surface area contributed by atoms with E-state index in [2.05, 4.69) is 4.98 Å². The zero-order valence-corrected chi connectivity index (χ0v) is 11.5. The van der Waals surface area contributed by atoms with Gasteiger partial charge in [-0.2, -0.15) is 5.26 Å². The number of nitriles is 1. The quantitative estimate of drug-likeness (QED) is 0.928. The molecule has 0 saturated carbocycles. The van der Waals surface area contributed by atoms with Gasteiger partial charge in [-0.25, -0.2) is 0 Å². The van der Waals surface area contributed by atoms with Gasteiger partial charge < -0.3 is 14.5 Å². The number of nitrogens with zero attached hydrogens (tertiary/aromatic N) is 1. The molecule has 0 atom stereocenters. The summed E-state index contributed by atoms with van der Waals surface area (Å²) in [4.78, 5) is 14.5. The van der Waals surface area contributed by atoms with Gasteiger partial charge in [0.1, 0.15) is 23.1 Å². The maximum Gasteiger partial charge on any atom is 0.266 e. The van der Waals surface area contributed by atoms with Crippen LogP contribution in [0.2, 0.25) is 0 Å². The maximum absolute atomic E-state index is 11.8. The van der Waals surface area contributed by atoms with E-state index in [4.69, 9.17) is 9.47 Å². The minimum absolute atomic E-state index is 0.0686. The van der Waals surface area contributed by atoms with Gasteiger partial charge in [-0.05, 0) is 25.1 Å². The van der Waals surface area contributed by atoms with E-state index in [1.54, 1.807) is 38.3 Å². The van der Waals surface area contributed by atoms with E-state index in [1.807, 2.05) is 6.07 Å². The molecule has 0 unspecified atom stereocenters. The maximum atomic E-state index is 11.8. The average molecular weight is 270 g/mol. The number of hydrogen-bond acceptors (Lipinski definition) is 4.